The second-order valence-electron chi connectivity index (χ2n) is 0. The van der Waals surface area contributed by atoms with Crippen molar-refractivity contribution in [3.05, 3.63) is 0 Å². The molecule has 0 aliphatic carbocycles. The fourth-order valence-corrected chi connectivity index (χ4v) is 0. The van der Waals surface area contributed by atoms with Gasteiger partial charge < -0.3 is 0 Å². The third kappa shape index (κ3) is 8.87. The number of rotatable bonds is 0. The Hall–Kier alpha value is 2.23. The Morgan fingerprint density at radius 1 is 0.750 bits per heavy atom. The quantitative estimate of drug-likeness (QED) is 0.373. The Morgan fingerprint density at radius 2 is 0.750 bits per heavy atom. The zero-order valence-electron chi connectivity index (χ0n) is 2.73. The Bertz CT molecular complexity index is 6.00. The van der Waals surface area contributed by atoms with E-state index in [1.165, 1.54) is 0 Å². The fraction of sp³-hybridized carbons (Fsp3) is 0. The van der Waals surface area contributed by atoms with E-state index in [0.29, 0.717) is 0 Å². The van der Waals surface area contributed by atoms with Gasteiger partial charge >= 0.3 is 0 Å². The molecule has 0 aliphatic rings. The molecule has 4 heteroatoms. The molecular formula is FeLi2Mn. The van der Waals surface area contributed by atoms with Gasteiger partial charge in [0.05, 0.1) is 0 Å². The van der Waals surface area contributed by atoms with Crippen molar-refractivity contribution in [3.8, 4) is 0 Å². The first-order valence-electron chi connectivity index (χ1n) is 0. The van der Waals surface area contributed by atoms with Gasteiger partial charge in [0.1, 0.15) is 0 Å². The van der Waals surface area contributed by atoms with E-state index in [9.17, 15) is 0 Å². The number of hydrogen-bond acceptors (Lipinski definition) is 0. The molecule has 17 valence electrons. The molecule has 3 radical (unpaired) electrons. The summed E-state index contributed by atoms with van der Waals surface area (Å²) in [5.41, 5.74) is 0. The summed E-state index contributed by atoms with van der Waals surface area (Å²) in [4.78, 5) is 0. The standard InChI is InChI=1S/Fe.2Li.Mn. The summed E-state index contributed by atoms with van der Waals surface area (Å²) >= 11 is 0. The Balaban J connectivity index is 0. The molecule has 4 heavy (non-hydrogen) atoms. The molecule has 0 saturated carbocycles. The van der Waals surface area contributed by atoms with Crippen molar-refractivity contribution < 1.29 is 34.1 Å². The van der Waals surface area contributed by atoms with Crippen LogP contribution in [0.4, 0.5) is 0 Å². The molecule has 0 saturated heterocycles. The van der Waals surface area contributed by atoms with E-state index >= 15 is 0 Å². The van der Waals surface area contributed by atoms with Crippen LogP contribution in [0.15, 0.2) is 0 Å². The first kappa shape index (κ1) is 34.2. The molecule has 0 unspecified atom stereocenters. The zero-order chi connectivity index (χ0) is 0. The fourth-order valence-electron chi connectivity index (χ4n) is 0. The van der Waals surface area contributed by atoms with Crippen LogP contribution in [0.2, 0.25) is 0 Å². The predicted molar refractivity (Wildman–Crippen MR) is 11.5 cm³/mol. The summed E-state index contributed by atoms with van der Waals surface area (Å²) in [7, 11) is 0. The van der Waals surface area contributed by atoms with Crippen molar-refractivity contribution >= 4 is 37.7 Å². The molecule has 0 amide bonds. The van der Waals surface area contributed by atoms with Crippen molar-refractivity contribution in [2.24, 2.45) is 0 Å². The van der Waals surface area contributed by atoms with Crippen LogP contribution in [0, 0.1) is 0 Å². The molecule has 0 aromatic carbocycles. The van der Waals surface area contributed by atoms with Crippen LogP contribution in [-0.2, 0) is 34.1 Å². The van der Waals surface area contributed by atoms with Crippen molar-refractivity contribution in [2.45, 2.75) is 0 Å². The summed E-state index contributed by atoms with van der Waals surface area (Å²) < 4.78 is 0. The van der Waals surface area contributed by atoms with E-state index in [1.54, 1.807) is 0 Å². The average Bonchev–Trinajstić information content (AvgIpc) is 0. The van der Waals surface area contributed by atoms with E-state index in [0.717, 1.165) is 0 Å². The van der Waals surface area contributed by atoms with Gasteiger partial charge in [0.25, 0.3) is 0 Å². The average molecular weight is 125 g/mol. The second kappa shape index (κ2) is 18.8. The minimum atomic E-state index is 0. The van der Waals surface area contributed by atoms with Gasteiger partial charge in [0, 0.05) is 71.9 Å². The van der Waals surface area contributed by atoms with Gasteiger partial charge in [-0.05, 0) is 0 Å². The summed E-state index contributed by atoms with van der Waals surface area (Å²) in [6.45, 7) is 0. The van der Waals surface area contributed by atoms with Crippen LogP contribution in [0.5, 0.6) is 0 Å². The van der Waals surface area contributed by atoms with Crippen LogP contribution in [0.1, 0.15) is 0 Å². The maximum atomic E-state index is 0. The zero-order valence-corrected chi connectivity index (χ0v) is 5.02. The van der Waals surface area contributed by atoms with E-state index in [1.807, 2.05) is 0 Å². The molecule has 0 aromatic heterocycles. The van der Waals surface area contributed by atoms with Gasteiger partial charge in [-0.25, -0.2) is 0 Å². The van der Waals surface area contributed by atoms with E-state index in [2.05, 4.69) is 0 Å². The third-order valence-corrected chi connectivity index (χ3v) is 0. The molecular weight excluding hydrogens is 125 g/mol. The van der Waals surface area contributed by atoms with Gasteiger partial charge in [-0.15, -0.1) is 0 Å². The molecule has 0 spiro atoms. The van der Waals surface area contributed by atoms with Gasteiger partial charge in [0.15, 0.2) is 0 Å². The van der Waals surface area contributed by atoms with Crippen LogP contribution in [0.3, 0.4) is 0 Å². The van der Waals surface area contributed by atoms with Crippen LogP contribution < -0.4 is 0 Å². The third-order valence-electron chi connectivity index (χ3n) is 0. The van der Waals surface area contributed by atoms with E-state index in [4.69, 9.17) is 0 Å². The largest absolute Gasteiger partial charge is 0 e. The molecule has 0 bridgehead atoms. The van der Waals surface area contributed by atoms with Gasteiger partial charge in [0.2, 0.25) is 0 Å². The Kier molecular flexibility index (Phi) is 161. The summed E-state index contributed by atoms with van der Waals surface area (Å²) in [5, 5.41) is 0. The molecule has 0 atom stereocenters. The van der Waals surface area contributed by atoms with Crippen molar-refractivity contribution in [1.29, 1.82) is 0 Å². The topological polar surface area (TPSA) is 0 Å². The van der Waals surface area contributed by atoms with Crippen LogP contribution in [-0.4, -0.2) is 37.7 Å². The Labute approximate surface area is 71.2 Å². The smallest absolute Gasteiger partial charge is 0 e. The monoisotopic (exact) mass is 125 g/mol. The Morgan fingerprint density at radius 3 is 0.750 bits per heavy atom. The summed E-state index contributed by atoms with van der Waals surface area (Å²) in [5.74, 6) is 0. The van der Waals surface area contributed by atoms with Gasteiger partial charge in [-0.2, -0.15) is 0 Å². The molecule has 0 fully saturated rings. The van der Waals surface area contributed by atoms with Crippen LogP contribution in [0.25, 0.3) is 0 Å². The molecule has 0 rings (SSSR count). The maximum Gasteiger partial charge on any atom is 0 e. The van der Waals surface area contributed by atoms with E-state index < -0.39 is 0 Å². The minimum absolute atomic E-state index is 0. The van der Waals surface area contributed by atoms with Gasteiger partial charge in [-0.1, -0.05) is 0 Å². The van der Waals surface area contributed by atoms with E-state index in [-0.39, 0.29) is 71.9 Å². The minimum Gasteiger partial charge on any atom is 0 e. The summed E-state index contributed by atoms with van der Waals surface area (Å²) in [6.07, 6.45) is 0. The van der Waals surface area contributed by atoms with Gasteiger partial charge in [-0.3, -0.25) is 0 Å². The van der Waals surface area contributed by atoms with Crippen molar-refractivity contribution in [3.63, 3.8) is 0 Å². The molecule has 0 heterocycles. The normalized spacial score (nSPS) is 0. The van der Waals surface area contributed by atoms with Crippen molar-refractivity contribution in [2.75, 3.05) is 0 Å². The number of hydrogen-bond donors (Lipinski definition) is 0. The maximum absolute atomic E-state index is 0. The first-order chi connectivity index (χ1) is 0. The molecule has 0 aromatic rings. The molecule has 0 N–H and O–H groups in total. The van der Waals surface area contributed by atoms with Crippen molar-refractivity contribution in [1.82, 2.24) is 0 Å². The second-order valence-corrected chi connectivity index (χ2v) is 0. The SMILES string of the molecule is [Fe].[Li].[Li].[Mn]. The summed E-state index contributed by atoms with van der Waals surface area (Å²) in [6, 6.07) is 0. The predicted octanol–water partition coefficient (Wildman–Crippen LogP) is -0.767. The molecule has 0 aliphatic heterocycles. The first-order valence-corrected chi connectivity index (χ1v) is 0. The van der Waals surface area contributed by atoms with Crippen LogP contribution >= 0.6 is 0 Å². The molecule has 0 nitrogen and oxygen atoms in total.